The first-order valence-corrected chi connectivity index (χ1v) is 25.6. The molecule has 4 nitrogen and oxygen atoms in total. The summed E-state index contributed by atoms with van der Waals surface area (Å²) in [5.74, 6) is 0. The molecule has 0 fully saturated rings. The van der Waals surface area contributed by atoms with Crippen molar-refractivity contribution in [3.8, 4) is 32.0 Å². The normalized spacial score (nSPS) is 13.0. The number of fused-ring (bicyclic) bond motifs is 3. The highest BCUT2D eigenvalue weighted by atomic mass is 32.1. The lowest BCUT2D eigenvalue weighted by molar-refractivity contribution is 0.401. The minimum atomic E-state index is -0.218. The van der Waals surface area contributed by atoms with Crippen molar-refractivity contribution in [1.82, 2.24) is 0 Å². The molecule has 0 N–H and O–H groups in total. The van der Waals surface area contributed by atoms with Crippen molar-refractivity contribution in [1.29, 1.82) is 0 Å². The highest BCUT2D eigenvalue weighted by molar-refractivity contribution is 7.16. The first-order chi connectivity index (χ1) is 32.8. The second kappa shape index (κ2) is 17.6. The Kier molecular flexibility index (Phi) is 11.3. The van der Waals surface area contributed by atoms with Crippen LogP contribution >= 0.6 is 22.7 Å². The van der Waals surface area contributed by atoms with E-state index >= 15 is 0 Å². The van der Waals surface area contributed by atoms with E-state index in [-0.39, 0.29) is 37.6 Å². The van der Waals surface area contributed by atoms with Gasteiger partial charge in [0.15, 0.2) is 21.7 Å². The van der Waals surface area contributed by atoms with Gasteiger partial charge in [-0.25, -0.2) is 0 Å². The minimum absolute atomic E-state index is 0.174. The van der Waals surface area contributed by atoms with Crippen molar-refractivity contribution in [3.63, 3.8) is 0 Å². The second-order valence-electron chi connectivity index (χ2n) is 18.5. The minimum Gasteiger partial charge on any atom is -0.288 e. The largest absolute Gasteiger partial charge is 0.288 e. The second-order valence-corrected chi connectivity index (χ2v) is 20.7. The van der Waals surface area contributed by atoms with Gasteiger partial charge >= 0.3 is 0 Å². The van der Waals surface area contributed by atoms with Crippen LogP contribution in [0.15, 0.2) is 153 Å². The zero-order chi connectivity index (χ0) is 45.8. The molecule has 0 aliphatic heterocycles. The summed E-state index contributed by atoms with van der Waals surface area (Å²) in [5, 5.41) is 6.07. The lowest BCUT2D eigenvalue weighted by atomic mass is 9.70. The third kappa shape index (κ3) is 7.33. The maximum atomic E-state index is 13.8. The third-order valence-electron chi connectivity index (χ3n) is 14.4. The standard InChI is InChI=1S/C61H50O4S2/c1-3-5-7-9-31-61(32-10-8-6-4-2)51-33-39(53-29-25-41(66-53)35-49-57(62)45-19-11-15-37-16-12-20-46(55(37)45)58(49)63)23-27-43(51)44-28-24-40(34-52(44)61)54-30-26-42(67-54)36-50-59(64)47-21-13-17-38-18-14-22-48(56(38)47)60(50)65/h11-30,33-36H,3-10,31-32H2,1-2H3. The molecule has 2 heterocycles. The number of benzene rings is 8. The SMILES string of the molecule is CCCCCCC1(CCCCCC)c2cc(-c3ccc(C=c4c(=O)c5cccc6cccc(c4=O)c65)s3)ccc2-c2ccc(-c3ccc(C=c4c(=O)c5cccc6cccc(c4=O)c65)s3)cc21. The molecule has 0 saturated carbocycles. The highest BCUT2D eigenvalue weighted by Gasteiger charge is 2.42. The van der Waals surface area contributed by atoms with Gasteiger partial charge in [0.2, 0.25) is 0 Å². The Hall–Kier alpha value is -6.60. The zero-order valence-electron chi connectivity index (χ0n) is 37.9. The van der Waals surface area contributed by atoms with E-state index in [0.29, 0.717) is 21.5 Å². The molecule has 0 radical (unpaired) electrons. The Morgan fingerprint density at radius 3 is 1.19 bits per heavy atom. The van der Waals surface area contributed by atoms with Gasteiger partial charge in [0.1, 0.15) is 0 Å². The van der Waals surface area contributed by atoms with Gasteiger partial charge in [0.05, 0.1) is 10.4 Å². The van der Waals surface area contributed by atoms with Crippen LogP contribution in [0.1, 0.15) is 98.9 Å². The first kappa shape index (κ1) is 43.0. The Morgan fingerprint density at radius 2 is 0.821 bits per heavy atom. The fourth-order valence-corrected chi connectivity index (χ4v) is 13.0. The number of hydrogen-bond donors (Lipinski definition) is 0. The molecule has 0 unspecified atom stereocenters. The predicted molar refractivity (Wildman–Crippen MR) is 285 cm³/mol. The van der Waals surface area contributed by atoms with Gasteiger partial charge in [-0.05, 0) is 106 Å². The molecule has 10 aromatic rings. The van der Waals surface area contributed by atoms with E-state index in [9.17, 15) is 19.2 Å². The van der Waals surface area contributed by atoms with E-state index in [1.165, 1.54) is 60.8 Å². The number of hydrogen-bond acceptors (Lipinski definition) is 6. The summed E-state index contributed by atoms with van der Waals surface area (Å²) >= 11 is 3.24. The molecular weight excluding hydrogens is 861 g/mol. The van der Waals surface area contributed by atoms with Crippen LogP contribution in [0.25, 0.3) is 87.2 Å². The summed E-state index contributed by atoms with van der Waals surface area (Å²) in [6, 6.07) is 45.0. The van der Waals surface area contributed by atoms with Gasteiger partial charge < -0.3 is 0 Å². The van der Waals surface area contributed by atoms with Crippen LogP contribution in [0.5, 0.6) is 0 Å². The molecule has 330 valence electrons. The first-order valence-electron chi connectivity index (χ1n) is 23.9. The quantitative estimate of drug-likeness (QED) is 0.102. The van der Waals surface area contributed by atoms with Crippen LogP contribution in [0.3, 0.4) is 0 Å². The molecule has 0 bridgehead atoms. The molecule has 8 aromatic carbocycles. The van der Waals surface area contributed by atoms with Crippen LogP contribution in [-0.4, -0.2) is 0 Å². The van der Waals surface area contributed by atoms with Gasteiger partial charge in [0.25, 0.3) is 0 Å². The molecule has 0 atom stereocenters. The highest BCUT2D eigenvalue weighted by Crippen LogP contribution is 2.56. The molecule has 0 saturated heterocycles. The smallest absolute Gasteiger partial charge is 0.197 e. The van der Waals surface area contributed by atoms with E-state index in [2.05, 4.69) is 62.4 Å². The monoisotopic (exact) mass is 910 g/mol. The fourth-order valence-electron chi connectivity index (χ4n) is 11.1. The van der Waals surface area contributed by atoms with Crippen molar-refractivity contribution >= 4 is 77.9 Å². The molecule has 6 heteroatoms. The maximum Gasteiger partial charge on any atom is 0.197 e. The summed E-state index contributed by atoms with van der Waals surface area (Å²) in [4.78, 5) is 59.3. The van der Waals surface area contributed by atoms with Crippen molar-refractivity contribution in [2.75, 3.05) is 0 Å². The van der Waals surface area contributed by atoms with Gasteiger partial charge in [-0.3, -0.25) is 19.2 Å². The topological polar surface area (TPSA) is 68.3 Å². The fraction of sp³-hybridized carbons (Fsp3) is 0.213. The zero-order valence-corrected chi connectivity index (χ0v) is 39.5. The Morgan fingerprint density at radius 1 is 0.433 bits per heavy atom. The molecule has 0 spiro atoms. The van der Waals surface area contributed by atoms with Crippen LogP contribution in [0, 0.1) is 0 Å². The molecule has 2 aromatic heterocycles. The van der Waals surface area contributed by atoms with Crippen molar-refractivity contribution in [2.24, 2.45) is 0 Å². The third-order valence-corrected chi connectivity index (χ3v) is 16.6. The molecule has 11 rings (SSSR count). The predicted octanol–water partition coefficient (Wildman–Crippen LogP) is 13.4. The summed E-state index contributed by atoms with van der Waals surface area (Å²) in [6.45, 7) is 4.54. The molecule has 1 aliphatic carbocycles. The maximum absolute atomic E-state index is 13.8. The average Bonchev–Trinajstić information content (AvgIpc) is 4.10. The van der Waals surface area contributed by atoms with E-state index in [1.807, 2.05) is 84.9 Å². The number of unbranched alkanes of at least 4 members (excludes halogenated alkanes) is 6. The van der Waals surface area contributed by atoms with Crippen molar-refractivity contribution in [2.45, 2.75) is 83.5 Å². The van der Waals surface area contributed by atoms with Crippen LogP contribution in [-0.2, 0) is 5.41 Å². The molecule has 0 amide bonds. The van der Waals surface area contributed by atoms with Crippen LogP contribution < -0.4 is 32.2 Å². The Bertz CT molecular complexity index is 3510. The molecule has 67 heavy (non-hydrogen) atoms. The van der Waals surface area contributed by atoms with E-state index < -0.39 is 0 Å². The lowest BCUT2D eigenvalue weighted by Gasteiger charge is -2.33. The van der Waals surface area contributed by atoms with E-state index in [1.54, 1.807) is 34.8 Å². The number of thiophene rings is 2. The average molecular weight is 911 g/mol. The van der Waals surface area contributed by atoms with Crippen molar-refractivity contribution in [3.05, 3.63) is 206 Å². The van der Waals surface area contributed by atoms with Crippen LogP contribution in [0.4, 0.5) is 0 Å². The van der Waals surface area contributed by atoms with Crippen molar-refractivity contribution < 1.29 is 0 Å². The summed E-state index contributed by atoms with van der Waals surface area (Å²) in [6.07, 6.45) is 15.1. The molecule has 1 aliphatic rings. The van der Waals surface area contributed by atoms with Gasteiger partial charge in [0, 0.05) is 57.2 Å². The van der Waals surface area contributed by atoms with Gasteiger partial charge in [-0.1, -0.05) is 162 Å². The van der Waals surface area contributed by atoms with Gasteiger partial charge in [-0.2, -0.15) is 0 Å². The van der Waals surface area contributed by atoms with E-state index in [0.717, 1.165) is 77.9 Å². The van der Waals surface area contributed by atoms with E-state index in [4.69, 9.17) is 0 Å². The number of rotatable bonds is 14. The summed E-state index contributed by atoms with van der Waals surface area (Å²) in [5.41, 5.74) is 6.61. The van der Waals surface area contributed by atoms with Gasteiger partial charge in [-0.15, -0.1) is 22.7 Å². The molecular formula is C61H50O4S2. The Balaban J connectivity index is 0.995. The Labute approximate surface area is 396 Å². The summed E-state index contributed by atoms with van der Waals surface area (Å²) < 4.78 is 0. The summed E-state index contributed by atoms with van der Waals surface area (Å²) in [7, 11) is 0. The lowest BCUT2D eigenvalue weighted by Crippen LogP contribution is -2.38. The van der Waals surface area contributed by atoms with Crippen LogP contribution in [0.2, 0.25) is 0 Å².